The normalized spacial score (nSPS) is 17.2. The first-order valence-corrected chi connectivity index (χ1v) is 6.82. The molecule has 0 spiro atoms. The van der Waals surface area contributed by atoms with Gasteiger partial charge in [-0.25, -0.2) is 0 Å². The van der Waals surface area contributed by atoms with Crippen LogP contribution in [-0.2, 0) is 0 Å². The summed E-state index contributed by atoms with van der Waals surface area (Å²) in [6.45, 7) is 0. The molecule has 2 N–H and O–H groups in total. The van der Waals surface area contributed by atoms with Gasteiger partial charge < -0.3 is 10.6 Å². The molecule has 2 rings (SSSR count). The van der Waals surface area contributed by atoms with Gasteiger partial charge in [0.05, 0.1) is 5.56 Å². The summed E-state index contributed by atoms with van der Waals surface area (Å²) < 4.78 is 0. The van der Waals surface area contributed by atoms with Gasteiger partial charge in [-0.15, -0.1) is 0 Å². The number of rotatable bonds is 2. The van der Waals surface area contributed by atoms with Gasteiger partial charge in [0.1, 0.15) is 0 Å². The smallest absolute Gasteiger partial charge is 0.255 e. The quantitative estimate of drug-likeness (QED) is 0.644. The van der Waals surface area contributed by atoms with Gasteiger partial charge in [0.15, 0.2) is 0 Å². The molecule has 1 saturated carbocycles. The fraction of sp³-hybridized carbons (Fsp3) is 0.533. The zero-order chi connectivity index (χ0) is 13.0. The van der Waals surface area contributed by atoms with Crippen LogP contribution in [0.5, 0.6) is 0 Å². The topological polar surface area (TPSA) is 46.3 Å². The van der Waals surface area contributed by atoms with Crippen LogP contribution in [0.15, 0.2) is 24.3 Å². The Morgan fingerprint density at radius 3 is 2.39 bits per heavy atom. The van der Waals surface area contributed by atoms with Crippen molar-refractivity contribution in [3.05, 3.63) is 29.8 Å². The third-order valence-corrected chi connectivity index (χ3v) is 3.88. The maximum Gasteiger partial charge on any atom is 0.255 e. The second kappa shape index (κ2) is 5.89. The molecule has 0 aliphatic heterocycles. The van der Waals surface area contributed by atoms with Crippen molar-refractivity contribution in [1.29, 1.82) is 0 Å². The zero-order valence-corrected chi connectivity index (χ0v) is 11.1. The summed E-state index contributed by atoms with van der Waals surface area (Å²) in [5, 5.41) is 0. The minimum absolute atomic E-state index is 0.0556. The Morgan fingerprint density at radius 1 is 1.17 bits per heavy atom. The van der Waals surface area contributed by atoms with Crippen LogP contribution in [0.3, 0.4) is 0 Å². The molecule has 1 aromatic rings. The van der Waals surface area contributed by atoms with E-state index >= 15 is 0 Å². The summed E-state index contributed by atoms with van der Waals surface area (Å²) in [4.78, 5) is 14.3. The molecule has 1 amide bonds. The van der Waals surface area contributed by atoms with Crippen molar-refractivity contribution in [3.63, 3.8) is 0 Å². The minimum atomic E-state index is 0.0556. The summed E-state index contributed by atoms with van der Waals surface area (Å²) in [6, 6.07) is 7.70. The summed E-state index contributed by atoms with van der Waals surface area (Å²) in [6.07, 6.45) is 7.29. The van der Waals surface area contributed by atoms with Crippen molar-refractivity contribution in [2.75, 3.05) is 12.8 Å². The van der Waals surface area contributed by atoms with Gasteiger partial charge in [-0.3, -0.25) is 4.79 Å². The summed E-state index contributed by atoms with van der Waals surface area (Å²) in [7, 11) is 1.91. The van der Waals surface area contributed by atoms with E-state index in [1.165, 1.54) is 25.7 Å². The van der Waals surface area contributed by atoms with E-state index in [0.717, 1.165) is 12.8 Å². The van der Waals surface area contributed by atoms with E-state index in [1.807, 2.05) is 30.1 Å². The van der Waals surface area contributed by atoms with Crippen LogP contribution in [0.4, 0.5) is 5.69 Å². The number of carbonyl (C=O) groups excluding carboxylic acids is 1. The standard InChI is InChI=1S/C15H22N2O/c1-17(12-8-4-2-3-5-9-12)15(18)13-10-6-7-11-14(13)16/h6-7,10-12H,2-5,8-9,16H2,1H3. The molecule has 1 aliphatic carbocycles. The van der Waals surface area contributed by atoms with Crippen LogP contribution >= 0.6 is 0 Å². The number of hydrogen-bond acceptors (Lipinski definition) is 2. The lowest BCUT2D eigenvalue weighted by Crippen LogP contribution is -2.37. The molecular formula is C15H22N2O. The maximum absolute atomic E-state index is 12.4. The largest absolute Gasteiger partial charge is 0.398 e. The van der Waals surface area contributed by atoms with E-state index in [1.54, 1.807) is 6.07 Å². The summed E-state index contributed by atoms with van der Waals surface area (Å²) >= 11 is 0. The molecular weight excluding hydrogens is 224 g/mol. The lowest BCUT2D eigenvalue weighted by atomic mass is 10.1. The first kappa shape index (κ1) is 12.9. The lowest BCUT2D eigenvalue weighted by molar-refractivity contribution is 0.0719. The van der Waals surface area contributed by atoms with Gasteiger partial charge in [0, 0.05) is 18.8 Å². The SMILES string of the molecule is CN(C(=O)c1ccccc1N)C1CCCCCC1. The molecule has 1 aromatic carbocycles. The first-order valence-electron chi connectivity index (χ1n) is 6.82. The fourth-order valence-electron chi connectivity index (χ4n) is 2.69. The molecule has 0 aromatic heterocycles. The van der Waals surface area contributed by atoms with Gasteiger partial charge in [0.25, 0.3) is 5.91 Å². The summed E-state index contributed by atoms with van der Waals surface area (Å²) in [5.74, 6) is 0.0556. The highest BCUT2D eigenvalue weighted by Gasteiger charge is 2.23. The van der Waals surface area contributed by atoms with Gasteiger partial charge in [-0.05, 0) is 25.0 Å². The van der Waals surface area contributed by atoms with Crippen molar-refractivity contribution in [3.8, 4) is 0 Å². The number of nitrogens with zero attached hydrogens (tertiary/aromatic N) is 1. The highest BCUT2D eigenvalue weighted by atomic mass is 16.2. The molecule has 0 saturated heterocycles. The van der Waals surface area contributed by atoms with Gasteiger partial charge >= 0.3 is 0 Å². The van der Waals surface area contributed by atoms with Crippen molar-refractivity contribution in [1.82, 2.24) is 4.90 Å². The first-order chi connectivity index (χ1) is 8.70. The lowest BCUT2D eigenvalue weighted by Gasteiger charge is -2.27. The van der Waals surface area contributed by atoms with E-state index in [0.29, 0.717) is 17.3 Å². The number of anilines is 1. The number of carbonyl (C=O) groups is 1. The van der Waals surface area contributed by atoms with Crippen LogP contribution in [-0.4, -0.2) is 23.9 Å². The number of para-hydroxylation sites is 1. The Kier molecular flexibility index (Phi) is 4.24. The highest BCUT2D eigenvalue weighted by molar-refractivity contribution is 5.99. The predicted molar refractivity (Wildman–Crippen MR) is 74.4 cm³/mol. The van der Waals surface area contributed by atoms with Crippen LogP contribution in [0.2, 0.25) is 0 Å². The molecule has 0 bridgehead atoms. The molecule has 18 heavy (non-hydrogen) atoms. The molecule has 3 nitrogen and oxygen atoms in total. The second-order valence-corrected chi connectivity index (χ2v) is 5.15. The van der Waals surface area contributed by atoms with E-state index in [-0.39, 0.29) is 5.91 Å². The van der Waals surface area contributed by atoms with Crippen LogP contribution < -0.4 is 5.73 Å². The van der Waals surface area contributed by atoms with Crippen molar-refractivity contribution < 1.29 is 4.79 Å². The molecule has 98 valence electrons. The molecule has 1 aliphatic rings. The summed E-state index contributed by atoms with van der Waals surface area (Å²) in [5.41, 5.74) is 7.07. The van der Waals surface area contributed by atoms with E-state index in [9.17, 15) is 4.79 Å². The van der Waals surface area contributed by atoms with Gasteiger partial charge in [-0.1, -0.05) is 37.8 Å². The Hall–Kier alpha value is -1.51. The number of amides is 1. The molecule has 3 heteroatoms. The minimum Gasteiger partial charge on any atom is -0.398 e. The molecule has 0 atom stereocenters. The van der Waals surface area contributed by atoms with Gasteiger partial charge in [-0.2, -0.15) is 0 Å². The number of nitrogens with two attached hydrogens (primary N) is 1. The average molecular weight is 246 g/mol. The third kappa shape index (κ3) is 2.84. The molecule has 0 unspecified atom stereocenters. The van der Waals surface area contributed by atoms with Crippen molar-refractivity contribution in [2.45, 2.75) is 44.6 Å². The predicted octanol–water partition coefficient (Wildman–Crippen LogP) is 3.06. The van der Waals surface area contributed by atoms with Crippen molar-refractivity contribution in [2.24, 2.45) is 0 Å². The molecule has 0 radical (unpaired) electrons. The zero-order valence-electron chi connectivity index (χ0n) is 11.1. The van der Waals surface area contributed by atoms with Crippen LogP contribution in [0.25, 0.3) is 0 Å². The maximum atomic E-state index is 12.4. The van der Waals surface area contributed by atoms with Crippen LogP contribution in [0.1, 0.15) is 48.9 Å². The third-order valence-electron chi connectivity index (χ3n) is 3.88. The number of benzene rings is 1. The highest BCUT2D eigenvalue weighted by Crippen LogP contribution is 2.23. The Balaban J connectivity index is 2.10. The second-order valence-electron chi connectivity index (χ2n) is 5.15. The van der Waals surface area contributed by atoms with Crippen molar-refractivity contribution >= 4 is 11.6 Å². The van der Waals surface area contributed by atoms with E-state index in [2.05, 4.69) is 0 Å². The Morgan fingerprint density at radius 2 is 1.78 bits per heavy atom. The van der Waals surface area contributed by atoms with E-state index in [4.69, 9.17) is 5.73 Å². The van der Waals surface area contributed by atoms with Crippen LogP contribution in [0, 0.1) is 0 Å². The Bertz CT molecular complexity index is 409. The Labute approximate surface area is 109 Å². The molecule has 1 fully saturated rings. The monoisotopic (exact) mass is 246 g/mol. The fourth-order valence-corrected chi connectivity index (χ4v) is 2.69. The average Bonchev–Trinajstić information content (AvgIpc) is 2.66. The number of nitrogen functional groups attached to an aromatic ring is 1. The van der Waals surface area contributed by atoms with E-state index < -0.39 is 0 Å². The molecule has 0 heterocycles. The number of hydrogen-bond donors (Lipinski definition) is 1. The van der Waals surface area contributed by atoms with Gasteiger partial charge in [0.2, 0.25) is 0 Å².